The number of benzene rings is 2. The van der Waals surface area contributed by atoms with Gasteiger partial charge in [-0.1, -0.05) is 86.3 Å². The summed E-state index contributed by atoms with van der Waals surface area (Å²) in [4.78, 5) is 17.5. The van der Waals surface area contributed by atoms with Crippen molar-refractivity contribution in [2.75, 3.05) is 0 Å². The number of aromatic nitrogens is 3. The van der Waals surface area contributed by atoms with Gasteiger partial charge in [-0.05, 0) is 5.56 Å². The van der Waals surface area contributed by atoms with Crippen molar-refractivity contribution in [3.8, 4) is 0 Å². The SMILES string of the molecule is CC(C)c1nc(SC(C(=O)c2ccccc2)c2ccccc2)n[nH]1. The smallest absolute Gasteiger partial charge is 0.209 e. The standard InChI is InChI=1S/C19H19N3OS/c1-13(2)18-20-19(22-21-18)24-17(15-11-7-4-8-12-15)16(23)14-9-5-3-6-10-14/h3-13,17H,1-2H3,(H,20,21,22). The van der Waals surface area contributed by atoms with Crippen LogP contribution < -0.4 is 0 Å². The van der Waals surface area contributed by atoms with Crippen LogP contribution in [0.3, 0.4) is 0 Å². The van der Waals surface area contributed by atoms with E-state index in [1.54, 1.807) is 0 Å². The second kappa shape index (κ2) is 7.45. The summed E-state index contributed by atoms with van der Waals surface area (Å²) in [6.45, 7) is 4.11. The number of H-pyrrole nitrogens is 1. The Bertz CT molecular complexity index is 800. The Kier molecular flexibility index (Phi) is 5.11. The summed E-state index contributed by atoms with van der Waals surface area (Å²) in [6.07, 6.45) is 0. The molecule has 1 unspecified atom stereocenters. The van der Waals surface area contributed by atoms with Crippen LogP contribution in [0.1, 0.15) is 46.8 Å². The molecule has 1 heterocycles. The van der Waals surface area contributed by atoms with Gasteiger partial charge in [0.05, 0.1) is 0 Å². The lowest BCUT2D eigenvalue weighted by atomic mass is 10.0. The van der Waals surface area contributed by atoms with Gasteiger partial charge >= 0.3 is 0 Å². The molecule has 0 aliphatic carbocycles. The number of nitrogens with one attached hydrogen (secondary N) is 1. The Labute approximate surface area is 145 Å². The number of nitrogens with zero attached hydrogens (tertiary/aromatic N) is 2. The van der Waals surface area contributed by atoms with Gasteiger partial charge in [-0.2, -0.15) is 0 Å². The topological polar surface area (TPSA) is 58.6 Å². The lowest BCUT2D eigenvalue weighted by Gasteiger charge is -2.14. The fourth-order valence-electron chi connectivity index (χ4n) is 2.33. The van der Waals surface area contributed by atoms with E-state index in [2.05, 4.69) is 29.0 Å². The average molecular weight is 337 g/mol. The van der Waals surface area contributed by atoms with Gasteiger partial charge in [0, 0.05) is 11.5 Å². The zero-order valence-electron chi connectivity index (χ0n) is 13.6. The van der Waals surface area contributed by atoms with Crippen molar-refractivity contribution >= 4 is 17.5 Å². The summed E-state index contributed by atoms with van der Waals surface area (Å²) in [5.74, 6) is 1.16. The van der Waals surface area contributed by atoms with Crippen LogP contribution in [0.4, 0.5) is 0 Å². The van der Waals surface area contributed by atoms with Crippen molar-refractivity contribution in [3.63, 3.8) is 0 Å². The van der Waals surface area contributed by atoms with Crippen LogP contribution in [0.5, 0.6) is 0 Å². The fourth-order valence-corrected chi connectivity index (χ4v) is 3.33. The molecule has 2 aromatic carbocycles. The Hall–Kier alpha value is -2.40. The maximum Gasteiger partial charge on any atom is 0.209 e. The van der Waals surface area contributed by atoms with Crippen LogP contribution >= 0.6 is 11.8 Å². The Balaban J connectivity index is 1.92. The molecule has 0 bridgehead atoms. The molecule has 0 amide bonds. The molecule has 0 saturated heterocycles. The quantitative estimate of drug-likeness (QED) is 0.526. The Morgan fingerprint density at radius 1 is 1.00 bits per heavy atom. The van der Waals surface area contributed by atoms with Gasteiger partial charge in [-0.3, -0.25) is 9.89 Å². The lowest BCUT2D eigenvalue weighted by molar-refractivity contribution is 0.0989. The maximum absolute atomic E-state index is 13.0. The van der Waals surface area contributed by atoms with Crippen molar-refractivity contribution in [2.24, 2.45) is 0 Å². The van der Waals surface area contributed by atoms with Gasteiger partial charge in [0.2, 0.25) is 5.16 Å². The summed E-state index contributed by atoms with van der Waals surface area (Å²) in [7, 11) is 0. The molecule has 122 valence electrons. The summed E-state index contributed by atoms with van der Waals surface area (Å²) in [6, 6.07) is 19.1. The molecule has 1 N–H and O–H groups in total. The first-order valence-corrected chi connectivity index (χ1v) is 8.76. The first kappa shape index (κ1) is 16.5. The van der Waals surface area contributed by atoms with Crippen molar-refractivity contribution < 1.29 is 4.79 Å². The van der Waals surface area contributed by atoms with Crippen molar-refractivity contribution in [3.05, 3.63) is 77.6 Å². The predicted octanol–water partition coefficient (Wildman–Crippen LogP) is 4.64. The van der Waals surface area contributed by atoms with E-state index in [1.807, 2.05) is 60.7 Å². The fraction of sp³-hybridized carbons (Fsp3) is 0.211. The molecule has 0 aliphatic heterocycles. The molecule has 1 aromatic heterocycles. The minimum Gasteiger partial charge on any atom is -0.293 e. The second-order valence-corrected chi connectivity index (χ2v) is 6.87. The number of hydrogen-bond donors (Lipinski definition) is 1. The number of carbonyl (C=O) groups excluding carboxylic acids is 1. The molecule has 3 aromatic rings. The lowest BCUT2D eigenvalue weighted by Crippen LogP contribution is -2.10. The van der Waals surface area contributed by atoms with Crippen LogP contribution in [0.15, 0.2) is 65.8 Å². The summed E-state index contributed by atoms with van der Waals surface area (Å²) >= 11 is 1.38. The van der Waals surface area contributed by atoms with Crippen molar-refractivity contribution in [2.45, 2.75) is 30.2 Å². The van der Waals surface area contributed by atoms with Crippen LogP contribution in [-0.2, 0) is 0 Å². The molecule has 4 nitrogen and oxygen atoms in total. The second-order valence-electron chi connectivity index (χ2n) is 5.80. The molecule has 0 radical (unpaired) electrons. The van der Waals surface area contributed by atoms with Gasteiger partial charge < -0.3 is 0 Å². The molecular weight excluding hydrogens is 318 g/mol. The zero-order valence-corrected chi connectivity index (χ0v) is 14.5. The summed E-state index contributed by atoms with van der Waals surface area (Å²) in [5, 5.41) is 7.42. The average Bonchev–Trinajstić information content (AvgIpc) is 3.10. The maximum atomic E-state index is 13.0. The van der Waals surface area contributed by atoms with Crippen molar-refractivity contribution in [1.29, 1.82) is 0 Å². The number of aromatic amines is 1. The Morgan fingerprint density at radius 2 is 1.62 bits per heavy atom. The number of ketones is 1. The van der Waals surface area contributed by atoms with E-state index >= 15 is 0 Å². The zero-order chi connectivity index (χ0) is 16.9. The summed E-state index contributed by atoms with van der Waals surface area (Å²) in [5.41, 5.74) is 1.64. The first-order chi connectivity index (χ1) is 11.6. The van der Waals surface area contributed by atoms with Gasteiger partial charge in [0.15, 0.2) is 5.78 Å². The van der Waals surface area contributed by atoms with Crippen LogP contribution in [0.2, 0.25) is 0 Å². The molecule has 5 heteroatoms. The molecule has 0 aliphatic rings. The van der Waals surface area contributed by atoms with E-state index in [0.717, 1.165) is 11.4 Å². The van der Waals surface area contributed by atoms with Crippen LogP contribution in [0, 0.1) is 0 Å². The highest BCUT2D eigenvalue weighted by Crippen LogP contribution is 2.36. The van der Waals surface area contributed by atoms with Gasteiger partial charge in [0.25, 0.3) is 0 Å². The molecule has 1 atom stereocenters. The third-order valence-corrected chi connectivity index (χ3v) is 4.77. The third kappa shape index (κ3) is 3.74. The highest BCUT2D eigenvalue weighted by Gasteiger charge is 2.25. The monoisotopic (exact) mass is 337 g/mol. The number of rotatable bonds is 6. The molecule has 0 saturated carbocycles. The minimum atomic E-state index is -0.371. The summed E-state index contributed by atoms with van der Waals surface area (Å²) < 4.78 is 0. The first-order valence-electron chi connectivity index (χ1n) is 7.88. The van der Waals surface area contributed by atoms with Crippen LogP contribution in [0.25, 0.3) is 0 Å². The molecule has 0 spiro atoms. The van der Waals surface area contributed by atoms with E-state index in [-0.39, 0.29) is 17.0 Å². The van der Waals surface area contributed by atoms with E-state index in [4.69, 9.17) is 0 Å². The minimum absolute atomic E-state index is 0.0581. The van der Waals surface area contributed by atoms with Gasteiger partial charge in [-0.25, -0.2) is 4.98 Å². The van der Waals surface area contributed by atoms with E-state index in [9.17, 15) is 4.79 Å². The van der Waals surface area contributed by atoms with E-state index < -0.39 is 0 Å². The number of hydrogen-bond acceptors (Lipinski definition) is 4. The normalized spacial score (nSPS) is 12.3. The van der Waals surface area contributed by atoms with Crippen molar-refractivity contribution in [1.82, 2.24) is 15.2 Å². The van der Waals surface area contributed by atoms with Gasteiger partial charge in [0.1, 0.15) is 11.1 Å². The molecule has 0 fully saturated rings. The highest BCUT2D eigenvalue weighted by molar-refractivity contribution is 8.00. The Morgan fingerprint density at radius 3 is 2.21 bits per heavy atom. The number of Topliss-reactive ketones (excluding diaryl/α,β-unsaturated/α-hetero) is 1. The third-order valence-electron chi connectivity index (χ3n) is 3.65. The molecule has 24 heavy (non-hydrogen) atoms. The number of carbonyl (C=O) groups is 1. The van der Waals surface area contributed by atoms with E-state index in [1.165, 1.54) is 11.8 Å². The van der Waals surface area contributed by atoms with Crippen LogP contribution in [-0.4, -0.2) is 21.0 Å². The molecular formula is C19H19N3OS. The van der Waals surface area contributed by atoms with E-state index in [0.29, 0.717) is 10.7 Å². The highest BCUT2D eigenvalue weighted by atomic mass is 32.2. The molecule has 3 rings (SSSR count). The predicted molar refractivity (Wildman–Crippen MR) is 96.3 cm³/mol. The number of thioether (sulfide) groups is 1. The van der Waals surface area contributed by atoms with Gasteiger partial charge in [-0.15, -0.1) is 5.10 Å². The largest absolute Gasteiger partial charge is 0.293 e.